The lowest BCUT2D eigenvalue weighted by Gasteiger charge is -2.33. The molecule has 0 fully saturated rings. The summed E-state index contributed by atoms with van der Waals surface area (Å²) < 4.78 is 42.3. The zero-order valence-electron chi connectivity index (χ0n) is 23.0. The lowest BCUT2D eigenvalue weighted by Crippen LogP contribution is -2.53. The molecule has 0 saturated carbocycles. The fourth-order valence-corrected chi connectivity index (χ4v) is 5.58. The van der Waals surface area contributed by atoms with Gasteiger partial charge in [-0.3, -0.25) is 13.9 Å². The molecule has 0 heterocycles. The first-order valence-corrected chi connectivity index (χ1v) is 14.4. The van der Waals surface area contributed by atoms with Crippen molar-refractivity contribution in [3.05, 3.63) is 95.3 Å². The molecule has 3 aromatic rings. The molecule has 3 rings (SSSR count). The lowest BCUT2D eigenvalue weighted by molar-refractivity contribution is -0.140. The van der Waals surface area contributed by atoms with Crippen LogP contribution < -0.4 is 9.62 Å². The number of nitrogens with zero attached hydrogens (tertiary/aromatic N) is 2. The molecule has 0 aromatic heterocycles. The van der Waals surface area contributed by atoms with Crippen LogP contribution in [0.1, 0.15) is 43.9 Å². The van der Waals surface area contributed by atoms with Crippen LogP contribution in [-0.4, -0.2) is 43.8 Å². The molecule has 0 bridgehead atoms. The topological polar surface area (TPSA) is 86.8 Å². The molecule has 39 heavy (non-hydrogen) atoms. The van der Waals surface area contributed by atoms with Crippen molar-refractivity contribution in [3.8, 4) is 0 Å². The monoisotopic (exact) mass is 553 g/mol. The van der Waals surface area contributed by atoms with Crippen molar-refractivity contribution >= 4 is 27.5 Å². The van der Waals surface area contributed by atoms with Crippen LogP contribution in [0.3, 0.4) is 0 Å². The predicted octanol–water partition coefficient (Wildman–Crippen LogP) is 4.97. The predicted molar refractivity (Wildman–Crippen MR) is 151 cm³/mol. The van der Waals surface area contributed by atoms with Crippen LogP contribution in [-0.2, 0) is 26.2 Å². The van der Waals surface area contributed by atoms with Gasteiger partial charge in [0, 0.05) is 12.6 Å². The molecule has 0 saturated heterocycles. The maximum absolute atomic E-state index is 14.0. The summed E-state index contributed by atoms with van der Waals surface area (Å²) in [6.07, 6.45) is 0.306. The average molecular weight is 554 g/mol. The van der Waals surface area contributed by atoms with Crippen LogP contribution in [0.25, 0.3) is 0 Å². The number of anilines is 1. The van der Waals surface area contributed by atoms with Crippen molar-refractivity contribution in [2.75, 3.05) is 10.8 Å². The second-order valence-electron chi connectivity index (χ2n) is 9.90. The summed E-state index contributed by atoms with van der Waals surface area (Å²) >= 11 is 0. The molecule has 9 heteroatoms. The summed E-state index contributed by atoms with van der Waals surface area (Å²) in [5.74, 6) is -1.32. The van der Waals surface area contributed by atoms with Crippen molar-refractivity contribution in [2.24, 2.45) is 0 Å². The van der Waals surface area contributed by atoms with Gasteiger partial charge in [0.2, 0.25) is 11.8 Å². The molecule has 1 unspecified atom stereocenters. The number of hydrogen-bond donors (Lipinski definition) is 1. The normalized spacial score (nSPS) is 12.2. The number of halogens is 1. The lowest BCUT2D eigenvalue weighted by atomic mass is 10.1. The van der Waals surface area contributed by atoms with Crippen LogP contribution in [0.2, 0.25) is 0 Å². The Hall–Kier alpha value is -3.72. The number of rotatable bonds is 11. The van der Waals surface area contributed by atoms with Crippen molar-refractivity contribution in [1.82, 2.24) is 10.2 Å². The van der Waals surface area contributed by atoms with E-state index in [1.54, 1.807) is 55.5 Å². The first kappa shape index (κ1) is 29.8. The number of carbonyl (C=O) groups excluding carboxylic acids is 2. The third-order valence-electron chi connectivity index (χ3n) is 6.29. The van der Waals surface area contributed by atoms with Crippen molar-refractivity contribution in [1.29, 1.82) is 0 Å². The molecular weight excluding hydrogens is 517 g/mol. The molecule has 1 N–H and O–H groups in total. The highest BCUT2D eigenvalue weighted by Gasteiger charge is 2.33. The standard InChI is InChI=1S/C30H36FN3O4S/c1-6-28(30(36)32-21(2)3)33(19-24-11-13-25(31)14-12-24)29(35)20-34(26-15-7-22(4)8-16-26)39(37,38)27-17-9-23(5)10-18-27/h7-18,21,28H,6,19-20H2,1-5H3,(H,32,36). The molecular formula is C30H36FN3O4S. The summed E-state index contributed by atoms with van der Waals surface area (Å²) in [7, 11) is -4.13. The maximum Gasteiger partial charge on any atom is 0.264 e. The Kier molecular flexibility index (Phi) is 9.86. The summed E-state index contributed by atoms with van der Waals surface area (Å²) in [4.78, 5) is 28.5. The Balaban J connectivity index is 2.05. The second-order valence-corrected chi connectivity index (χ2v) is 11.8. The van der Waals surface area contributed by atoms with E-state index in [1.165, 1.54) is 29.2 Å². The van der Waals surface area contributed by atoms with Crippen LogP contribution in [0.4, 0.5) is 10.1 Å². The first-order chi connectivity index (χ1) is 18.4. The van der Waals surface area contributed by atoms with Crippen LogP contribution in [0, 0.1) is 19.7 Å². The maximum atomic E-state index is 14.0. The zero-order chi connectivity index (χ0) is 28.7. The van der Waals surface area contributed by atoms with E-state index < -0.39 is 34.3 Å². The summed E-state index contributed by atoms with van der Waals surface area (Å²) in [5.41, 5.74) is 2.78. The van der Waals surface area contributed by atoms with Gasteiger partial charge in [0.15, 0.2) is 0 Å². The van der Waals surface area contributed by atoms with Gasteiger partial charge in [0.05, 0.1) is 10.6 Å². The molecule has 3 aromatic carbocycles. The minimum atomic E-state index is -4.13. The molecule has 0 radical (unpaired) electrons. The molecule has 0 spiro atoms. The van der Waals surface area contributed by atoms with E-state index in [0.29, 0.717) is 17.7 Å². The number of benzene rings is 3. The SMILES string of the molecule is CCC(C(=O)NC(C)C)N(Cc1ccc(F)cc1)C(=O)CN(c1ccc(C)cc1)S(=O)(=O)c1ccc(C)cc1. The minimum absolute atomic E-state index is 0.00938. The van der Waals surface area contributed by atoms with Gasteiger partial charge in [-0.25, -0.2) is 12.8 Å². The van der Waals surface area contributed by atoms with Crippen molar-refractivity contribution in [3.63, 3.8) is 0 Å². The number of carbonyl (C=O) groups is 2. The number of nitrogens with one attached hydrogen (secondary N) is 1. The molecule has 2 amide bonds. The smallest absolute Gasteiger partial charge is 0.264 e. The van der Waals surface area contributed by atoms with E-state index in [0.717, 1.165) is 15.4 Å². The van der Waals surface area contributed by atoms with Gasteiger partial charge >= 0.3 is 0 Å². The zero-order valence-corrected chi connectivity index (χ0v) is 23.8. The Bertz CT molecular complexity index is 1370. The van der Waals surface area contributed by atoms with Crippen LogP contribution in [0.15, 0.2) is 77.7 Å². The van der Waals surface area contributed by atoms with E-state index in [4.69, 9.17) is 0 Å². The molecule has 7 nitrogen and oxygen atoms in total. The first-order valence-electron chi connectivity index (χ1n) is 12.9. The van der Waals surface area contributed by atoms with Crippen LogP contribution in [0.5, 0.6) is 0 Å². The van der Waals surface area contributed by atoms with E-state index >= 15 is 0 Å². The fourth-order valence-electron chi connectivity index (χ4n) is 4.16. The highest BCUT2D eigenvalue weighted by Crippen LogP contribution is 2.25. The van der Waals surface area contributed by atoms with E-state index in [1.807, 2.05) is 27.7 Å². The molecule has 208 valence electrons. The van der Waals surface area contributed by atoms with E-state index in [-0.39, 0.29) is 23.4 Å². The van der Waals surface area contributed by atoms with Gasteiger partial charge in [-0.2, -0.15) is 0 Å². The van der Waals surface area contributed by atoms with Gasteiger partial charge in [-0.15, -0.1) is 0 Å². The Morgan fingerprint density at radius 1 is 0.872 bits per heavy atom. The number of aryl methyl sites for hydroxylation is 2. The molecule has 1 atom stereocenters. The van der Waals surface area contributed by atoms with Gasteiger partial charge in [-0.05, 0) is 76.1 Å². The highest BCUT2D eigenvalue weighted by atomic mass is 32.2. The van der Waals surface area contributed by atoms with E-state index in [2.05, 4.69) is 5.32 Å². The van der Waals surface area contributed by atoms with Gasteiger partial charge in [0.1, 0.15) is 18.4 Å². The third kappa shape index (κ3) is 7.66. The fraction of sp³-hybridized carbons (Fsp3) is 0.333. The third-order valence-corrected chi connectivity index (χ3v) is 8.08. The number of sulfonamides is 1. The molecule has 0 aliphatic rings. The Morgan fingerprint density at radius 3 is 1.92 bits per heavy atom. The minimum Gasteiger partial charge on any atom is -0.352 e. The van der Waals surface area contributed by atoms with Gasteiger partial charge in [0.25, 0.3) is 10.0 Å². The molecule has 0 aliphatic heterocycles. The Morgan fingerprint density at radius 2 is 1.41 bits per heavy atom. The Labute approximate surface area is 230 Å². The van der Waals surface area contributed by atoms with E-state index in [9.17, 15) is 22.4 Å². The number of amides is 2. The van der Waals surface area contributed by atoms with Gasteiger partial charge in [-0.1, -0.05) is 54.4 Å². The van der Waals surface area contributed by atoms with Crippen molar-refractivity contribution in [2.45, 2.75) is 64.6 Å². The van der Waals surface area contributed by atoms with Gasteiger partial charge < -0.3 is 10.2 Å². The summed E-state index contributed by atoms with van der Waals surface area (Å²) in [6, 6.07) is 17.9. The highest BCUT2D eigenvalue weighted by molar-refractivity contribution is 7.92. The molecule has 0 aliphatic carbocycles. The second kappa shape index (κ2) is 12.9. The number of hydrogen-bond acceptors (Lipinski definition) is 4. The summed E-state index contributed by atoms with van der Waals surface area (Å²) in [5, 5.41) is 2.85. The largest absolute Gasteiger partial charge is 0.352 e. The van der Waals surface area contributed by atoms with Crippen LogP contribution >= 0.6 is 0 Å². The summed E-state index contributed by atoms with van der Waals surface area (Å²) in [6.45, 7) is 8.67. The average Bonchev–Trinajstić information content (AvgIpc) is 2.88. The van der Waals surface area contributed by atoms with Crippen molar-refractivity contribution < 1.29 is 22.4 Å². The quantitative estimate of drug-likeness (QED) is 0.363.